The van der Waals surface area contributed by atoms with Gasteiger partial charge in [-0.25, -0.2) is 19.4 Å². The number of H-pyrrole nitrogens is 1. The zero-order valence-electron chi connectivity index (χ0n) is 27.7. The minimum absolute atomic E-state index is 0.0954. The molecule has 25 nitrogen and oxygen atoms in total. The average Bonchev–Trinajstić information content (AvgIpc) is 3.73. The molecule has 5 rings (SSSR count). The number of rotatable bonds is 18. The van der Waals surface area contributed by atoms with Crippen molar-refractivity contribution in [1.29, 1.82) is 0 Å². The van der Waals surface area contributed by atoms with Crippen LogP contribution in [0.1, 0.15) is 38.1 Å². The number of anilines is 2. The highest BCUT2D eigenvalue weighted by Gasteiger charge is 2.52. The summed E-state index contributed by atoms with van der Waals surface area (Å²) in [7, 11) is -9.08. The van der Waals surface area contributed by atoms with Gasteiger partial charge in [-0.05, 0) is 25.3 Å². The zero-order chi connectivity index (χ0) is 38.7. The van der Waals surface area contributed by atoms with Crippen molar-refractivity contribution >= 4 is 44.5 Å². The third-order valence-electron chi connectivity index (χ3n) is 8.17. The number of aliphatic carboxylic acids is 1. The van der Waals surface area contributed by atoms with E-state index in [1.165, 1.54) is 23.9 Å². The van der Waals surface area contributed by atoms with Crippen molar-refractivity contribution in [3.8, 4) is 0 Å². The highest BCUT2D eigenvalue weighted by Crippen LogP contribution is 2.50. The molecule has 0 amide bonds. The van der Waals surface area contributed by atoms with E-state index in [2.05, 4.69) is 29.5 Å². The van der Waals surface area contributed by atoms with Crippen molar-refractivity contribution in [3.05, 3.63) is 39.4 Å². The number of hydrogen-bond acceptors (Lipinski definition) is 21. The number of carboxylic acid groups (broad SMARTS) is 1. The molecular formula is C26H36N9O16P2-3. The number of aliphatic hydroxyl groups is 2. The van der Waals surface area contributed by atoms with E-state index in [-0.39, 0.29) is 48.7 Å². The molecule has 2 saturated heterocycles. The van der Waals surface area contributed by atoms with Crippen molar-refractivity contribution < 1.29 is 66.8 Å². The molecule has 27 heteroatoms. The van der Waals surface area contributed by atoms with Crippen LogP contribution in [-0.4, -0.2) is 109 Å². The lowest BCUT2D eigenvalue weighted by Gasteiger charge is -2.32. The molecule has 53 heavy (non-hydrogen) atoms. The normalized spacial score (nSPS) is 27.3. The van der Waals surface area contributed by atoms with Gasteiger partial charge in [0.05, 0.1) is 27.4 Å². The van der Waals surface area contributed by atoms with Gasteiger partial charge in [0, 0.05) is 25.8 Å². The summed E-state index contributed by atoms with van der Waals surface area (Å²) in [6, 6.07) is 1.25. The summed E-state index contributed by atoms with van der Waals surface area (Å²) in [6.45, 7) is -1.83. The number of nitrogens with one attached hydrogen (secondary N) is 2. The number of aromatic amines is 1. The molecule has 0 saturated carbocycles. The Morgan fingerprint density at radius 3 is 2.42 bits per heavy atom. The lowest BCUT2D eigenvalue weighted by atomic mass is 10.1. The van der Waals surface area contributed by atoms with Crippen LogP contribution in [0.5, 0.6) is 0 Å². The number of nitrogens with two attached hydrogens (primary N) is 2. The molecule has 0 bridgehead atoms. The van der Waals surface area contributed by atoms with Gasteiger partial charge in [0.15, 0.2) is 23.6 Å². The Morgan fingerprint density at radius 2 is 1.74 bits per heavy atom. The van der Waals surface area contributed by atoms with E-state index >= 15 is 0 Å². The molecule has 0 aliphatic carbocycles. The van der Waals surface area contributed by atoms with E-state index in [1.807, 2.05) is 0 Å². The molecule has 0 aromatic carbocycles. The van der Waals surface area contributed by atoms with E-state index in [9.17, 15) is 48.6 Å². The average molecular weight is 793 g/mol. The smallest absolute Gasteiger partial charge is 0.406 e. The van der Waals surface area contributed by atoms with Crippen molar-refractivity contribution in [2.45, 2.75) is 74.8 Å². The Hall–Kier alpha value is -3.68. The Bertz CT molecular complexity index is 1970. The number of phosphoric acid groups is 1. The van der Waals surface area contributed by atoms with Crippen LogP contribution >= 0.6 is 15.6 Å². The van der Waals surface area contributed by atoms with Gasteiger partial charge < -0.3 is 64.7 Å². The molecule has 0 spiro atoms. The molecule has 2 aliphatic rings. The molecule has 3 aromatic heterocycles. The molecule has 2 fully saturated rings. The number of hydrogen-bond donors (Lipinski definition) is 6. The van der Waals surface area contributed by atoms with Crippen LogP contribution in [0.4, 0.5) is 11.8 Å². The van der Waals surface area contributed by atoms with E-state index < -0.39 is 95.1 Å². The fourth-order valence-electron chi connectivity index (χ4n) is 5.69. The highest BCUT2D eigenvalue weighted by molar-refractivity contribution is 7.51. The third-order valence-corrected chi connectivity index (χ3v) is 10.3. The number of carbonyl (C=O) groups is 1. The first kappa shape index (κ1) is 40.5. The maximum absolute atomic E-state index is 14.4. The number of carbonyl (C=O) groups excluding carboxylic acids is 1. The number of carboxylic acids is 1. The summed E-state index contributed by atoms with van der Waals surface area (Å²) in [5, 5.41) is 34.8. The summed E-state index contributed by atoms with van der Waals surface area (Å²) < 4.78 is 61.3. The Balaban J connectivity index is 1.41. The largest absolute Gasteiger partial charge is 0.790 e. The summed E-state index contributed by atoms with van der Waals surface area (Å²) in [4.78, 5) is 72.5. The second-order valence-electron chi connectivity index (χ2n) is 11.8. The van der Waals surface area contributed by atoms with Crippen LogP contribution in [0, 0.1) is 0 Å². The predicted molar refractivity (Wildman–Crippen MR) is 170 cm³/mol. The van der Waals surface area contributed by atoms with Gasteiger partial charge in [-0.3, -0.25) is 28.0 Å². The monoisotopic (exact) mass is 792 g/mol. The first-order valence-electron chi connectivity index (χ1n) is 15.8. The topological polar surface area (TPSA) is 379 Å². The maximum Gasteiger partial charge on any atom is 0.406 e. The Labute approximate surface area is 298 Å². The van der Waals surface area contributed by atoms with Gasteiger partial charge in [-0.2, -0.15) is 9.97 Å². The summed E-state index contributed by atoms with van der Waals surface area (Å²) in [6.07, 6.45) is -9.21. The molecule has 5 heterocycles. The fourth-order valence-corrected chi connectivity index (χ4v) is 7.59. The molecule has 294 valence electrons. The number of ether oxygens (including phenoxy) is 3. The van der Waals surface area contributed by atoms with Gasteiger partial charge in [0.1, 0.15) is 42.4 Å². The summed E-state index contributed by atoms with van der Waals surface area (Å²) in [5.74, 6) is -1.65. The molecule has 0 unspecified atom stereocenters. The van der Waals surface area contributed by atoms with Crippen molar-refractivity contribution in [3.63, 3.8) is 0 Å². The first-order chi connectivity index (χ1) is 25.0. The van der Waals surface area contributed by atoms with Crippen LogP contribution in [0.25, 0.3) is 11.2 Å². The number of unbranched alkanes of at least 4 members (excludes halogenated alkanes) is 2. The van der Waals surface area contributed by atoms with E-state index in [0.717, 1.165) is 10.9 Å². The minimum atomic E-state index is -5.61. The number of methoxy groups -OCH3 is 1. The molecule has 8 N–H and O–H groups in total. The number of fused-ring (bicyclic) bond motifs is 1. The number of nitrogen functional groups attached to an aromatic ring is 2. The van der Waals surface area contributed by atoms with Gasteiger partial charge in [0.2, 0.25) is 5.95 Å². The quantitative estimate of drug-likeness (QED) is 0.0521. The molecule has 9 atom stereocenters. The number of phosphoric ester groups is 1. The van der Waals surface area contributed by atoms with Gasteiger partial charge in [-0.15, -0.1) is 0 Å². The number of nitrogens with zero attached hydrogens (tertiary/aromatic N) is 5. The minimum Gasteiger partial charge on any atom is -0.790 e. The summed E-state index contributed by atoms with van der Waals surface area (Å²) >= 11 is 0. The number of aromatic nitrogens is 6. The molecular weight excluding hydrogens is 756 g/mol. The second-order valence-corrected chi connectivity index (χ2v) is 14.8. The molecule has 2 aliphatic heterocycles. The lowest BCUT2D eigenvalue weighted by molar-refractivity contribution is -0.343. The molecule has 3 aromatic rings. The number of imidazole rings is 1. The van der Waals surface area contributed by atoms with Gasteiger partial charge in [-0.1, -0.05) is 6.42 Å². The van der Waals surface area contributed by atoms with E-state index in [4.69, 9.17) is 34.7 Å². The van der Waals surface area contributed by atoms with Gasteiger partial charge in [0.25, 0.3) is 5.56 Å². The van der Waals surface area contributed by atoms with Crippen molar-refractivity contribution in [2.24, 2.45) is 0 Å². The standard InChI is InChI=1S/C26H39N9O16P2/c1-46-20-19(13(10-48-53(43,44)45)50-24(20)35-11-29-16-21(35)32-25(28)33-22(16)40)51-52(42,30-7-4-2-3-5-15(36)37)47-9-12-17(38)18(39)23(49-12)34-8-6-14(27)31-26(34)41/h6,8,11-13,17-20,23-24,38-39H,2-5,7,9-10H2,1H3,(H,30,42)(H,36,37)(H2,27,31,41)(H2,43,44,45)(H3,28,32,33,40)/p-3/t12-,13-,17-,18-,19-,20-,23-,24-,52-/m1/s1. The van der Waals surface area contributed by atoms with Crippen LogP contribution in [0.15, 0.2) is 28.2 Å². The SMILES string of the molecule is CO[C@@H]1[C@H](O[P@@](=O)(NCCCCCC(=O)[O-])OC[C@H]2O[C@@H](n3ccc(N)nc3=O)[C@H](O)[C@@H]2O)[C@@H](COP(=O)([O-])[O-])O[C@H]1n1cnc2c(=O)[nH]c(N)nc21. The molecule has 0 radical (unpaired) electrons. The van der Waals surface area contributed by atoms with Crippen molar-refractivity contribution in [1.82, 2.24) is 34.2 Å². The van der Waals surface area contributed by atoms with Crippen LogP contribution < -0.4 is 42.7 Å². The van der Waals surface area contributed by atoms with E-state index in [0.29, 0.717) is 6.42 Å². The summed E-state index contributed by atoms with van der Waals surface area (Å²) in [5.41, 5.74) is 9.37. The third kappa shape index (κ3) is 9.71. The second kappa shape index (κ2) is 16.8. The Kier molecular flexibility index (Phi) is 12.8. The van der Waals surface area contributed by atoms with Gasteiger partial charge >= 0.3 is 13.4 Å². The predicted octanol–water partition coefficient (Wildman–Crippen LogP) is -4.67. The van der Waals surface area contributed by atoms with E-state index in [1.54, 1.807) is 0 Å². The van der Waals surface area contributed by atoms with Crippen LogP contribution in [0.3, 0.4) is 0 Å². The lowest BCUT2D eigenvalue weighted by Crippen LogP contribution is -2.40. The highest BCUT2D eigenvalue weighted by atomic mass is 31.2. The van der Waals surface area contributed by atoms with Crippen molar-refractivity contribution in [2.75, 3.05) is 38.3 Å². The first-order valence-corrected chi connectivity index (χ1v) is 18.8. The number of aliphatic hydroxyl groups excluding tert-OH is 2. The van der Waals surface area contributed by atoms with Crippen LogP contribution in [0.2, 0.25) is 0 Å². The maximum atomic E-state index is 14.4. The zero-order valence-corrected chi connectivity index (χ0v) is 29.5. The fraction of sp³-hybridized carbons (Fsp3) is 0.615. The van der Waals surface area contributed by atoms with Crippen LogP contribution in [-0.2, 0) is 41.7 Å². The Morgan fingerprint density at radius 1 is 1.02 bits per heavy atom.